The Morgan fingerprint density at radius 1 is 1.43 bits per heavy atom. The molecule has 0 saturated heterocycles. The van der Waals surface area contributed by atoms with E-state index in [-0.39, 0.29) is 5.02 Å². The quantitative estimate of drug-likeness (QED) is 0.846. The van der Waals surface area contributed by atoms with Crippen LogP contribution in [0, 0.1) is 5.82 Å². The summed E-state index contributed by atoms with van der Waals surface area (Å²) in [5, 5.41) is 6.80. The van der Waals surface area contributed by atoms with Crippen molar-refractivity contribution in [3.05, 3.63) is 39.7 Å². The van der Waals surface area contributed by atoms with Crippen LogP contribution in [-0.2, 0) is 0 Å². The van der Waals surface area contributed by atoms with Gasteiger partial charge in [0, 0.05) is 11.8 Å². The molecule has 0 aliphatic rings. The molecule has 1 heterocycles. The highest BCUT2D eigenvalue weighted by molar-refractivity contribution is 9.10. The van der Waals surface area contributed by atoms with Gasteiger partial charge in [-0.3, -0.25) is 5.10 Å². The molecule has 14 heavy (non-hydrogen) atoms. The summed E-state index contributed by atoms with van der Waals surface area (Å²) in [7, 11) is 0. The predicted octanol–water partition coefficient (Wildman–Crippen LogP) is 3.63. The van der Waals surface area contributed by atoms with Crippen molar-refractivity contribution < 1.29 is 4.39 Å². The highest BCUT2D eigenvalue weighted by Gasteiger charge is 2.08. The third-order valence-electron chi connectivity index (χ3n) is 1.79. The van der Waals surface area contributed by atoms with Crippen molar-refractivity contribution in [1.29, 1.82) is 0 Å². The SMILES string of the molecule is Fc1ccc(-c2n[nH]cc2Br)cc1Cl. The second-order valence-corrected chi connectivity index (χ2v) is 3.97. The van der Waals surface area contributed by atoms with Crippen molar-refractivity contribution in [2.24, 2.45) is 0 Å². The smallest absolute Gasteiger partial charge is 0.141 e. The molecule has 0 saturated carbocycles. The second kappa shape index (κ2) is 3.71. The average molecular weight is 276 g/mol. The summed E-state index contributed by atoms with van der Waals surface area (Å²) in [6.45, 7) is 0. The number of aromatic nitrogens is 2. The van der Waals surface area contributed by atoms with E-state index in [1.54, 1.807) is 12.3 Å². The maximum absolute atomic E-state index is 12.9. The Kier molecular flexibility index (Phi) is 2.56. The highest BCUT2D eigenvalue weighted by Crippen LogP contribution is 2.28. The molecule has 2 nitrogen and oxygen atoms in total. The molecule has 5 heteroatoms. The van der Waals surface area contributed by atoms with Gasteiger partial charge in [-0.1, -0.05) is 11.6 Å². The first-order valence-corrected chi connectivity index (χ1v) is 5.00. The molecule has 2 aromatic rings. The van der Waals surface area contributed by atoms with E-state index in [2.05, 4.69) is 26.1 Å². The Balaban J connectivity index is 2.53. The minimum Gasteiger partial charge on any atom is -0.284 e. The molecule has 0 aliphatic heterocycles. The molecular weight excluding hydrogens is 270 g/mol. The van der Waals surface area contributed by atoms with Crippen molar-refractivity contribution in [3.63, 3.8) is 0 Å². The van der Waals surface area contributed by atoms with Gasteiger partial charge in [0.25, 0.3) is 0 Å². The van der Waals surface area contributed by atoms with Gasteiger partial charge in [-0.05, 0) is 34.1 Å². The number of nitrogens with zero attached hydrogens (tertiary/aromatic N) is 1. The zero-order chi connectivity index (χ0) is 10.1. The Morgan fingerprint density at radius 3 is 2.79 bits per heavy atom. The van der Waals surface area contributed by atoms with Gasteiger partial charge in [0.05, 0.1) is 9.50 Å². The molecule has 0 spiro atoms. The van der Waals surface area contributed by atoms with E-state index >= 15 is 0 Å². The number of H-pyrrole nitrogens is 1. The average Bonchev–Trinajstić information content (AvgIpc) is 2.57. The Hall–Kier alpha value is -0.870. The van der Waals surface area contributed by atoms with Crippen molar-refractivity contribution in [3.8, 4) is 11.3 Å². The fraction of sp³-hybridized carbons (Fsp3) is 0. The van der Waals surface area contributed by atoms with E-state index in [1.165, 1.54) is 12.1 Å². The van der Waals surface area contributed by atoms with Crippen LogP contribution in [-0.4, -0.2) is 10.2 Å². The Bertz CT molecular complexity index is 470. The Labute approximate surface area is 93.2 Å². The summed E-state index contributed by atoms with van der Waals surface area (Å²) in [4.78, 5) is 0. The normalized spacial score (nSPS) is 10.5. The first-order valence-electron chi connectivity index (χ1n) is 3.83. The first-order chi connectivity index (χ1) is 6.68. The molecule has 0 aliphatic carbocycles. The molecule has 0 atom stereocenters. The molecular formula is C9H5BrClFN2. The first kappa shape index (κ1) is 9.68. The second-order valence-electron chi connectivity index (χ2n) is 2.71. The van der Waals surface area contributed by atoms with E-state index in [0.717, 1.165) is 10.0 Å². The molecule has 0 amide bonds. The van der Waals surface area contributed by atoms with Crippen LogP contribution >= 0.6 is 27.5 Å². The van der Waals surface area contributed by atoms with E-state index in [4.69, 9.17) is 11.6 Å². The van der Waals surface area contributed by atoms with Gasteiger partial charge in [-0.15, -0.1) is 0 Å². The predicted molar refractivity (Wildman–Crippen MR) is 56.7 cm³/mol. The fourth-order valence-electron chi connectivity index (χ4n) is 1.12. The molecule has 0 fully saturated rings. The molecule has 0 unspecified atom stereocenters. The van der Waals surface area contributed by atoms with Gasteiger partial charge >= 0.3 is 0 Å². The van der Waals surface area contributed by atoms with Gasteiger partial charge in [-0.2, -0.15) is 5.10 Å². The summed E-state index contributed by atoms with van der Waals surface area (Å²) in [6.07, 6.45) is 1.70. The van der Waals surface area contributed by atoms with Gasteiger partial charge in [-0.25, -0.2) is 4.39 Å². The van der Waals surface area contributed by atoms with Crippen molar-refractivity contribution >= 4 is 27.5 Å². The van der Waals surface area contributed by atoms with Gasteiger partial charge in [0.15, 0.2) is 0 Å². The van der Waals surface area contributed by atoms with Gasteiger partial charge in [0.2, 0.25) is 0 Å². The number of benzene rings is 1. The number of nitrogens with one attached hydrogen (secondary N) is 1. The van der Waals surface area contributed by atoms with Crippen molar-refractivity contribution in [2.45, 2.75) is 0 Å². The summed E-state index contributed by atoms with van der Waals surface area (Å²) in [5.41, 5.74) is 1.48. The number of hydrogen-bond acceptors (Lipinski definition) is 1. The molecule has 1 N–H and O–H groups in total. The fourth-order valence-corrected chi connectivity index (χ4v) is 1.72. The van der Waals surface area contributed by atoms with E-state index in [9.17, 15) is 4.39 Å². The van der Waals surface area contributed by atoms with Crippen molar-refractivity contribution in [1.82, 2.24) is 10.2 Å². The molecule has 1 aromatic carbocycles. The van der Waals surface area contributed by atoms with Crippen LogP contribution in [0.1, 0.15) is 0 Å². The lowest BCUT2D eigenvalue weighted by Crippen LogP contribution is -1.82. The van der Waals surface area contributed by atoms with E-state index in [0.29, 0.717) is 5.69 Å². The third-order valence-corrected chi connectivity index (χ3v) is 2.68. The van der Waals surface area contributed by atoms with E-state index < -0.39 is 5.82 Å². The monoisotopic (exact) mass is 274 g/mol. The lowest BCUT2D eigenvalue weighted by molar-refractivity contribution is 0.628. The highest BCUT2D eigenvalue weighted by atomic mass is 79.9. The standard InChI is InChI=1S/C9H5BrClFN2/c10-6-4-13-14-9(6)5-1-2-8(12)7(11)3-5/h1-4H,(H,13,14). The summed E-state index contributed by atoms with van der Waals surface area (Å²) < 4.78 is 13.7. The zero-order valence-electron chi connectivity index (χ0n) is 6.89. The number of aromatic amines is 1. The van der Waals surface area contributed by atoms with Crippen LogP contribution in [0.5, 0.6) is 0 Å². The minimum atomic E-state index is -0.429. The lowest BCUT2D eigenvalue weighted by Gasteiger charge is -1.99. The van der Waals surface area contributed by atoms with Crippen molar-refractivity contribution in [2.75, 3.05) is 0 Å². The van der Waals surface area contributed by atoms with E-state index in [1.807, 2.05) is 0 Å². The molecule has 2 rings (SSSR count). The lowest BCUT2D eigenvalue weighted by atomic mass is 10.1. The maximum atomic E-state index is 12.9. The maximum Gasteiger partial charge on any atom is 0.141 e. The molecule has 1 aromatic heterocycles. The van der Waals surface area contributed by atoms with Crippen LogP contribution in [0.4, 0.5) is 4.39 Å². The van der Waals surface area contributed by atoms with Gasteiger partial charge < -0.3 is 0 Å². The Morgan fingerprint density at radius 2 is 2.21 bits per heavy atom. The third kappa shape index (κ3) is 1.67. The molecule has 72 valence electrons. The van der Waals surface area contributed by atoms with Crippen LogP contribution in [0.15, 0.2) is 28.9 Å². The number of rotatable bonds is 1. The summed E-state index contributed by atoms with van der Waals surface area (Å²) in [6, 6.07) is 4.48. The van der Waals surface area contributed by atoms with Crippen LogP contribution in [0.25, 0.3) is 11.3 Å². The zero-order valence-corrected chi connectivity index (χ0v) is 9.23. The van der Waals surface area contributed by atoms with Gasteiger partial charge in [0.1, 0.15) is 11.5 Å². The summed E-state index contributed by atoms with van der Waals surface area (Å²) >= 11 is 8.97. The van der Waals surface area contributed by atoms with Crippen LogP contribution < -0.4 is 0 Å². The van der Waals surface area contributed by atoms with Crippen LogP contribution in [0.2, 0.25) is 5.02 Å². The summed E-state index contributed by atoms with van der Waals surface area (Å²) in [5.74, 6) is -0.429. The minimum absolute atomic E-state index is 0.0948. The number of hydrogen-bond donors (Lipinski definition) is 1. The van der Waals surface area contributed by atoms with Crippen LogP contribution in [0.3, 0.4) is 0 Å². The largest absolute Gasteiger partial charge is 0.284 e. The molecule has 0 radical (unpaired) electrons. The topological polar surface area (TPSA) is 28.7 Å². The molecule has 0 bridgehead atoms. The number of halogens is 3.